The highest BCUT2D eigenvalue weighted by atomic mass is 16.5. The van der Waals surface area contributed by atoms with E-state index in [9.17, 15) is 0 Å². The average molecular weight is 277 g/mol. The Kier molecular flexibility index (Phi) is 6.02. The molecule has 112 valence electrons. The van der Waals surface area contributed by atoms with Gasteiger partial charge in [0.25, 0.3) is 0 Å². The van der Waals surface area contributed by atoms with Gasteiger partial charge in [0.2, 0.25) is 0 Å². The molecule has 0 spiro atoms. The summed E-state index contributed by atoms with van der Waals surface area (Å²) in [6.07, 6.45) is 2.32. The Morgan fingerprint density at radius 2 is 2.10 bits per heavy atom. The third kappa shape index (κ3) is 4.89. The Balaban J connectivity index is 1.84. The van der Waals surface area contributed by atoms with Crippen LogP contribution < -0.4 is 5.32 Å². The molecular weight excluding hydrogens is 250 g/mol. The van der Waals surface area contributed by atoms with E-state index in [1.807, 2.05) is 6.07 Å². The summed E-state index contributed by atoms with van der Waals surface area (Å²) in [6.45, 7) is 8.49. The molecule has 1 saturated heterocycles. The van der Waals surface area contributed by atoms with Gasteiger partial charge >= 0.3 is 0 Å². The molecule has 1 N–H and O–H groups in total. The highest BCUT2D eigenvalue weighted by Gasteiger charge is 2.33. The minimum absolute atomic E-state index is 0.136. The highest BCUT2D eigenvalue weighted by Crippen LogP contribution is 2.29. The minimum Gasteiger partial charge on any atom is -0.381 e. The van der Waals surface area contributed by atoms with Crippen molar-refractivity contribution in [2.45, 2.75) is 39.3 Å². The van der Waals surface area contributed by atoms with E-state index in [0.717, 1.165) is 32.8 Å². The third-order valence-corrected chi connectivity index (χ3v) is 3.81. The Labute approximate surface area is 122 Å². The quantitative estimate of drug-likeness (QED) is 0.831. The predicted molar refractivity (Wildman–Crippen MR) is 81.7 cm³/mol. The summed E-state index contributed by atoms with van der Waals surface area (Å²) in [7, 11) is 0. The van der Waals surface area contributed by atoms with Gasteiger partial charge in [0.1, 0.15) is 0 Å². The van der Waals surface area contributed by atoms with Crippen LogP contribution in [0.25, 0.3) is 0 Å². The van der Waals surface area contributed by atoms with Crippen molar-refractivity contribution in [1.29, 1.82) is 0 Å². The SMILES string of the molecule is CC(C)NCC1(COCc2ccccc2)CCCOC1. The standard InChI is InChI=1S/C17H27NO2/c1-15(2)18-12-17(9-6-10-19-13-17)14-20-11-16-7-4-3-5-8-16/h3-5,7-8,15,18H,6,9-14H2,1-2H3. The maximum absolute atomic E-state index is 5.97. The molecule has 0 radical (unpaired) electrons. The van der Waals surface area contributed by atoms with E-state index < -0.39 is 0 Å². The summed E-state index contributed by atoms with van der Waals surface area (Å²) >= 11 is 0. The minimum atomic E-state index is 0.136. The van der Waals surface area contributed by atoms with Gasteiger partial charge in [0, 0.05) is 24.6 Å². The van der Waals surface area contributed by atoms with Crippen molar-refractivity contribution < 1.29 is 9.47 Å². The van der Waals surface area contributed by atoms with Crippen LogP contribution in [-0.2, 0) is 16.1 Å². The molecule has 0 aliphatic carbocycles. The first-order valence-corrected chi connectivity index (χ1v) is 7.63. The van der Waals surface area contributed by atoms with Crippen molar-refractivity contribution in [3.05, 3.63) is 35.9 Å². The smallest absolute Gasteiger partial charge is 0.0717 e. The zero-order valence-corrected chi connectivity index (χ0v) is 12.7. The van der Waals surface area contributed by atoms with E-state index in [1.165, 1.54) is 12.0 Å². The van der Waals surface area contributed by atoms with E-state index in [4.69, 9.17) is 9.47 Å². The van der Waals surface area contributed by atoms with Crippen molar-refractivity contribution in [1.82, 2.24) is 5.32 Å². The Morgan fingerprint density at radius 1 is 1.30 bits per heavy atom. The normalized spacial score (nSPS) is 23.1. The number of hydrogen-bond acceptors (Lipinski definition) is 3. The van der Waals surface area contributed by atoms with Gasteiger partial charge in [0.05, 0.1) is 19.8 Å². The summed E-state index contributed by atoms with van der Waals surface area (Å²) < 4.78 is 11.7. The molecular formula is C17H27NO2. The fourth-order valence-corrected chi connectivity index (χ4v) is 2.59. The molecule has 0 amide bonds. The first-order chi connectivity index (χ1) is 9.70. The van der Waals surface area contributed by atoms with Crippen molar-refractivity contribution in [3.63, 3.8) is 0 Å². The number of hydrogen-bond donors (Lipinski definition) is 1. The summed E-state index contributed by atoms with van der Waals surface area (Å²) in [6, 6.07) is 10.9. The lowest BCUT2D eigenvalue weighted by atomic mass is 9.83. The maximum Gasteiger partial charge on any atom is 0.0717 e. The van der Waals surface area contributed by atoms with Crippen molar-refractivity contribution >= 4 is 0 Å². The summed E-state index contributed by atoms with van der Waals surface area (Å²) in [4.78, 5) is 0. The van der Waals surface area contributed by atoms with Crippen molar-refractivity contribution in [2.75, 3.05) is 26.4 Å². The van der Waals surface area contributed by atoms with E-state index >= 15 is 0 Å². The molecule has 1 aliphatic rings. The molecule has 1 unspecified atom stereocenters. The van der Waals surface area contributed by atoms with Gasteiger partial charge in [-0.3, -0.25) is 0 Å². The van der Waals surface area contributed by atoms with Gasteiger partial charge in [-0.2, -0.15) is 0 Å². The van der Waals surface area contributed by atoms with Gasteiger partial charge in [0.15, 0.2) is 0 Å². The summed E-state index contributed by atoms with van der Waals surface area (Å²) in [5, 5.41) is 3.54. The first-order valence-electron chi connectivity index (χ1n) is 7.63. The van der Waals surface area contributed by atoms with E-state index in [0.29, 0.717) is 12.6 Å². The van der Waals surface area contributed by atoms with E-state index in [1.54, 1.807) is 0 Å². The molecule has 1 aliphatic heterocycles. The summed E-state index contributed by atoms with van der Waals surface area (Å²) in [5.74, 6) is 0. The van der Waals surface area contributed by atoms with Crippen LogP contribution in [0.4, 0.5) is 0 Å². The second kappa shape index (κ2) is 7.77. The Morgan fingerprint density at radius 3 is 2.75 bits per heavy atom. The first kappa shape index (κ1) is 15.5. The Bertz CT molecular complexity index is 372. The van der Waals surface area contributed by atoms with Crippen LogP contribution in [-0.4, -0.2) is 32.4 Å². The number of benzene rings is 1. The van der Waals surface area contributed by atoms with Gasteiger partial charge in [-0.05, 0) is 18.4 Å². The Hall–Kier alpha value is -0.900. The van der Waals surface area contributed by atoms with Gasteiger partial charge in [-0.1, -0.05) is 44.2 Å². The predicted octanol–water partition coefficient (Wildman–Crippen LogP) is 3.00. The molecule has 3 heteroatoms. The lowest BCUT2D eigenvalue weighted by Crippen LogP contribution is -2.46. The van der Waals surface area contributed by atoms with Crippen LogP contribution in [0, 0.1) is 5.41 Å². The molecule has 0 saturated carbocycles. The fourth-order valence-electron chi connectivity index (χ4n) is 2.59. The van der Waals surface area contributed by atoms with Crippen molar-refractivity contribution in [3.8, 4) is 0 Å². The van der Waals surface area contributed by atoms with E-state index in [2.05, 4.69) is 43.4 Å². The number of ether oxygens (including phenoxy) is 2. The lowest BCUT2D eigenvalue weighted by molar-refractivity contribution is -0.0625. The van der Waals surface area contributed by atoms with Gasteiger partial charge < -0.3 is 14.8 Å². The number of nitrogens with one attached hydrogen (secondary N) is 1. The van der Waals surface area contributed by atoms with Crippen LogP contribution >= 0.6 is 0 Å². The van der Waals surface area contributed by atoms with Crippen LogP contribution in [0.3, 0.4) is 0 Å². The van der Waals surface area contributed by atoms with Crippen LogP contribution in [0.15, 0.2) is 30.3 Å². The largest absolute Gasteiger partial charge is 0.381 e. The molecule has 0 bridgehead atoms. The zero-order chi connectivity index (χ0) is 14.3. The topological polar surface area (TPSA) is 30.5 Å². The molecule has 0 aromatic heterocycles. The second-order valence-electron chi connectivity index (χ2n) is 6.17. The monoisotopic (exact) mass is 277 g/mol. The molecule has 20 heavy (non-hydrogen) atoms. The summed E-state index contributed by atoms with van der Waals surface area (Å²) in [5.41, 5.74) is 1.37. The molecule has 1 aromatic rings. The molecule has 2 rings (SSSR count). The van der Waals surface area contributed by atoms with Crippen LogP contribution in [0.2, 0.25) is 0 Å². The number of rotatable bonds is 7. The molecule has 3 nitrogen and oxygen atoms in total. The second-order valence-corrected chi connectivity index (χ2v) is 6.17. The fraction of sp³-hybridized carbons (Fsp3) is 0.647. The molecule has 1 fully saturated rings. The van der Waals surface area contributed by atoms with Crippen LogP contribution in [0.5, 0.6) is 0 Å². The molecule has 1 heterocycles. The zero-order valence-electron chi connectivity index (χ0n) is 12.7. The molecule has 1 atom stereocenters. The third-order valence-electron chi connectivity index (χ3n) is 3.81. The van der Waals surface area contributed by atoms with Gasteiger partial charge in [-0.15, -0.1) is 0 Å². The van der Waals surface area contributed by atoms with E-state index in [-0.39, 0.29) is 5.41 Å². The average Bonchev–Trinajstić information content (AvgIpc) is 2.47. The van der Waals surface area contributed by atoms with Gasteiger partial charge in [-0.25, -0.2) is 0 Å². The lowest BCUT2D eigenvalue weighted by Gasteiger charge is -2.37. The van der Waals surface area contributed by atoms with Crippen molar-refractivity contribution in [2.24, 2.45) is 5.41 Å². The van der Waals surface area contributed by atoms with Crippen LogP contribution in [0.1, 0.15) is 32.3 Å². The molecule has 1 aromatic carbocycles. The highest BCUT2D eigenvalue weighted by molar-refractivity contribution is 5.13. The maximum atomic E-state index is 5.97.